The molecule has 1 heterocycles. The summed E-state index contributed by atoms with van der Waals surface area (Å²) in [6, 6.07) is 7.24. The van der Waals surface area contributed by atoms with Crippen LogP contribution in [0.2, 0.25) is 0 Å². The third kappa shape index (κ3) is 3.78. The maximum absolute atomic E-state index is 13.7. The number of carbonyl (C=O) groups is 4. The van der Waals surface area contributed by atoms with Crippen molar-refractivity contribution >= 4 is 23.6 Å². The van der Waals surface area contributed by atoms with E-state index in [2.05, 4.69) is 0 Å². The van der Waals surface area contributed by atoms with E-state index in [1.54, 1.807) is 26.0 Å². The fourth-order valence-electron chi connectivity index (χ4n) is 3.15. The molecule has 0 N–H and O–H groups in total. The van der Waals surface area contributed by atoms with Crippen molar-refractivity contribution in [1.82, 2.24) is 4.90 Å². The quantitative estimate of drug-likeness (QED) is 0.422. The third-order valence-corrected chi connectivity index (χ3v) is 4.55. The summed E-state index contributed by atoms with van der Waals surface area (Å²) in [6.45, 7) is 2.37. The number of nitrogens with zero attached hydrogens (tertiary/aromatic N) is 1. The van der Waals surface area contributed by atoms with Gasteiger partial charge in [0.25, 0.3) is 11.8 Å². The van der Waals surface area contributed by atoms with Crippen LogP contribution in [0.1, 0.15) is 44.9 Å². The highest BCUT2D eigenvalue weighted by Gasteiger charge is 2.44. The van der Waals surface area contributed by atoms with Crippen LogP contribution in [-0.4, -0.2) is 41.1 Å². The predicted molar refractivity (Wildman–Crippen MR) is 97.2 cm³/mol. The number of carbonyl (C=O) groups excluding carboxylic acids is 4. The van der Waals surface area contributed by atoms with Crippen molar-refractivity contribution in [2.45, 2.75) is 19.9 Å². The summed E-state index contributed by atoms with van der Waals surface area (Å²) < 4.78 is 31.9. The lowest BCUT2D eigenvalue weighted by Gasteiger charge is -2.27. The van der Waals surface area contributed by atoms with E-state index in [9.17, 15) is 28.0 Å². The molecule has 29 heavy (non-hydrogen) atoms. The summed E-state index contributed by atoms with van der Waals surface area (Å²) in [5.74, 6) is -5.47. The lowest BCUT2D eigenvalue weighted by molar-refractivity contribution is -0.148. The predicted octanol–water partition coefficient (Wildman–Crippen LogP) is 3.01. The smallest absolute Gasteiger partial charge is 0.330 e. The first-order valence-corrected chi connectivity index (χ1v) is 8.84. The number of ketones is 1. The minimum atomic E-state index is -1.27. The maximum Gasteiger partial charge on any atom is 0.330 e. The van der Waals surface area contributed by atoms with Crippen LogP contribution < -0.4 is 0 Å². The van der Waals surface area contributed by atoms with Crippen molar-refractivity contribution < 1.29 is 32.7 Å². The monoisotopic (exact) mass is 401 g/mol. The minimum Gasteiger partial charge on any atom is -0.456 e. The molecule has 6 nitrogen and oxygen atoms in total. The van der Waals surface area contributed by atoms with E-state index in [0.29, 0.717) is 6.07 Å². The number of Topliss-reactive ketones (excluding diaryl/α,β-unsaturated/α-hetero) is 1. The van der Waals surface area contributed by atoms with Crippen molar-refractivity contribution in [3.05, 3.63) is 70.8 Å². The van der Waals surface area contributed by atoms with Crippen LogP contribution in [0.15, 0.2) is 42.5 Å². The van der Waals surface area contributed by atoms with Crippen LogP contribution in [0.25, 0.3) is 0 Å². The first-order valence-electron chi connectivity index (χ1n) is 8.84. The Bertz CT molecular complexity index is 983. The second kappa shape index (κ2) is 7.90. The Balaban J connectivity index is 1.78. The Morgan fingerprint density at radius 2 is 1.59 bits per heavy atom. The molecule has 0 saturated carbocycles. The van der Waals surface area contributed by atoms with Gasteiger partial charge in [0, 0.05) is 0 Å². The van der Waals surface area contributed by atoms with E-state index in [0.717, 1.165) is 17.0 Å². The molecule has 150 valence electrons. The average Bonchev–Trinajstić information content (AvgIpc) is 2.93. The topological polar surface area (TPSA) is 80.8 Å². The number of amides is 2. The molecule has 0 spiro atoms. The number of ether oxygens (including phenoxy) is 1. The number of benzene rings is 2. The molecule has 1 aliphatic heterocycles. The molecule has 0 aliphatic carbocycles. The zero-order valence-electron chi connectivity index (χ0n) is 15.6. The van der Waals surface area contributed by atoms with Gasteiger partial charge in [0.2, 0.25) is 5.78 Å². The van der Waals surface area contributed by atoms with Gasteiger partial charge in [-0.15, -0.1) is 0 Å². The van der Waals surface area contributed by atoms with E-state index in [1.165, 1.54) is 12.1 Å². The number of fused-ring (bicyclic) bond motifs is 1. The van der Waals surface area contributed by atoms with Gasteiger partial charge in [0.15, 0.2) is 6.61 Å². The van der Waals surface area contributed by atoms with Crippen molar-refractivity contribution in [2.75, 3.05) is 6.61 Å². The molecule has 0 bridgehead atoms. The van der Waals surface area contributed by atoms with Gasteiger partial charge in [-0.05, 0) is 36.2 Å². The zero-order chi connectivity index (χ0) is 21.3. The van der Waals surface area contributed by atoms with Gasteiger partial charge < -0.3 is 4.74 Å². The SMILES string of the molecule is CC(C)[C@@H](C(=O)OCC(=O)c1cc(F)ccc1F)N1C(=O)c2ccccc2C1=O. The highest BCUT2D eigenvalue weighted by atomic mass is 19.1. The molecule has 2 aromatic carbocycles. The number of imide groups is 1. The Morgan fingerprint density at radius 1 is 1.00 bits per heavy atom. The number of rotatable bonds is 6. The maximum atomic E-state index is 13.7. The van der Waals surface area contributed by atoms with Gasteiger partial charge in [-0.2, -0.15) is 0 Å². The number of hydrogen-bond donors (Lipinski definition) is 0. The van der Waals surface area contributed by atoms with Crippen LogP contribution >= 0.6 is 0 Å². The molecular formula is C21H17F2NO5. The number of halogens is 2. The molecule has 2 amide bonds. The second-order valence-corrected chi connectivity index (χ2v) is 6.87. The highest BCUT2D eigenvalue weighted by molar-refractivity contribution is 6.22. The summed E-state index contributed by atoms with van der Waals surface area (Å²) in [7, 11) is 0. The molecule has 3 rings (SSSR count). The Kier molecular flexibility index (Phi) is 5.54. The molecule has 0 unspecified atom stereocenters. The Labute approximate surface area is 165 Å². The van der Waals surface area contributed by atoms with Crippen LogP contribution in [0.3, 0.4) is 0 Å². The van der Waals surface area contributed by atoms with E-state index in [4.69, 9.17) is 4.74 Å². The molecule has 0 radical (unpaired) electrons. The fraction of sp³-hybridized carbons (Fsp3) is 0.238. The summed E-state index contributed by atoms with van der Waals surface area (Å²) in [5, 5.41) is 0. The normalized spacial score (nSPS) is 14.2. The van der Waals surface area contributed by atoms with E-state index < -0.39 is 59.3 Å². The standard InChI is InChI=1S/C21H17F2NO5/c1-11(2)18(24-19(26)13-5-3-4-6-14(13)20(24)27)21(28)29-10-17(25)15-9-12(22)7-8-16(15)23/h3-9,11,18H,10H2,1-2H3/t18-/m0/s1. The number of hydrogen-bond acceptors (Lipinski definition) is 5. The Morgan fingerprint density at radius 3 is 2.14 bits per heavy atom. The van der Waals surface area contributed by atoms with Gasteiger partial charge in [-0.25, -0.2) is 13.6 Å². The lowest BCUT2D eigenvalue weighted by atomic mass is 10.0. The molecule has 1 atom stereocenters. The molecule has 1 aliphatic rings. The van der Waals surface area contributed by atoms with Gasteiger partial charge >= 0.3 is 5.97 Å². The molecule has 8 heteroatoms. The second-order valence-electron chi connectivity index (χ2n) is 6.87. The van der Waals surface area contributed by atoms with Crippen molar-refractivity contribution in [1.29, 1.82) is 0 Å². The van der Waals surface area contributed by atoms with Crippen LogP contribution in [-0.2, 0) is 9.53 Å². The molecular weight excluding hydrogens is 384 g/mol. The zero-order valence-corrected chi connectivity index (χ0v) is 15.6. The number of esters is 1. The average molecular weight is 401 g/mol. The lowest BCUT2D eigenvalue weighted by Crippen LogP contribution is -2.49. The fourth-order valence-corrected chi connectivity index (χ4v) is 3.15. The largest absolute Gasteiger partial charge is 0.456 e. The van der Waals surface area contributed by atoms with E-state index in [-0.39, 0.29) is 11.1 Å². The van der Waals surface area contributed by atoms with Crippen LogP contribution in [0, 0.1) is 17.6 Å². The Hall–Kier alpha value is -3.42. The van der Waals surface area contributed by atoms with Crippen LogP contribution in [0.5, 0.6) is 0 Å². The van der Waals surface area contributed by atoms with E-state index in [1.807, 2.05) is 0 Å². The van der Waals surface area contributed by atoms with Gasteiger partial charge in [0.1, 0.15) is 17.7 Å². The third-order valence-electron chi connectivity index (χ3n) is 4.55. The van der Waals surface area contributed by atoms with Crippen LogP contribution in [0.4, 0.5) is 8.78 Å². The van der Waals surface area contributed by atoms with Crippen molar-refractivity contribution in [3.63, 3.8) is 0 Å². The first-order chi connectivity index (χ1) is 13.7. The summed E-state index contributed by atoms with van der Waals surface area (Å²) in [6.07, 6.45) is 0. The summed E-state index contributed by atoms with van der Waals surface area (Å²) in [5.41, 5.74) is -0.206. The van der Waals surface area contributed by atoms with Crippen molar-refractivity contribution in [2.24, 2.45) is 5.92 Å². The van der Waals surface area contributed by atoms with E-state index >= 15 is 0 Å². The minimum absolute atomic E-state index is 0.175. The first kappa shape index (κ1) is 20.3. The summed E-state index contributed by atoms with van der Waals surface area (Å²) in [4.78, 5) is 50.8. The molecule has 0 fully saturated rings. The molecule has 0 saturated heterocycles. The molecule has 0 aromatic heterocycles. The summed E-state index contributed by atoms with van der Waals surface area (Å²) >= 11 is 0. The van der Waals surface area contributed by atoms with Crippen molar-refractivity contribution in [3.8, 4) is 0 Å². The van der Waals surface area contributed by atoms with Gasteiger partial charge in [-0.1, -0.05) is 26.0 Å². The van der Waals surface area contributed by atoms with Gasteiger partial charge in [0.05, 0.1) is 16.7 Å². The highest BCUT2D eigenvalue weighted by Crippen LogP contribution is 2.27. The van der Waals surface area contributed by atoms with Gasteiger partial charge in [-0.3, -0.25) is 19.3 Å². The molecule has 2 aromatic rings.